The minimum Gasteiger partial charge on any atom is -0.327 e. The number of unbranched alkanes of at least 4 members (excludes halogenated alkanes) is 2. The van der Waals surface area contributed by atoms with Crippen LogP contribution in [0.25, 0.3) is 11.0 Å². The van der Waals surface area contributed by atoms with Gasteiger partial charge in [-0.25, -0.2) is 9.37 Å². The monoisotopic (exact) mass is 277 g/mol. The van der Waals surface area contributed by atoms with E-state index in [0.717, 1.165) is 37.1 Å². The first-order chi connectivity index (χ1) is 9.67. The van der Waals surface area contributed by atoms with E-state index < -0.39 is 0 Å². The molecule has 110 valence electrons. The van der Waals surface area contributed by atoms with Crippen LogP contribution in [0.15, 0.2) is 18.2 Å². The Morgan fingerprint density at radius 3 is 2.75 bits per heavy atom. The van der Waals surface area contributed by atoms with E-state index in [-0.39, 0.29) is 11.9 Å². The van der Waals surface area contributed by atoms with Crippen LogP contribution < -0.4 is 5.73 Å². The van der Waals surface area contributed by atoms with Gasteiger partial charge in [0.15, 0.2) is 0 Å². The van der Waals surface area contributed by atoms with Gasteiger partial charge in [-0.3, -0.25) is 0 Å². The summed E-state index contributed by atoms with van der Waals surface area (Å²) in [5.41, 5.74) is 7.94. The second-order valence-corrected chi connectivity index (χ2v) is 5.36. The Balaban J connectivity index is 2.39. The molecule has 0 fully saturated rings. The third kappa shape index (κ3) is 3.18. The van der Waals surface area contributed by atoms with Gasteiger partial charge >= 0.3 is 0 Å². The van der Waals surface area contributed by atoms with Crippen molar-refractivity contribution in [1.82, 2.24) is 9.55 Å². The Kier molecular flexibility index (Phi) is 5.12. The quantitative estimate of drug-likeness (QED) is 0.772. The summed E-state index contributed by atoms with van der Waals surface area (Å²) >= 11 is 0. The molecule has 0 saturated carbocycles. The molecule has 0 aliphatic rings. The van der Waals surface area contributed by atoms with Gasteiger partial charge in [0.2, 0.25) is 0 Å². The molecule has 2 aromatic rings. The van der Waals surface area contributed by atoms with Crippen LogP contribution in [-0.4, -0.2) is 9.55 Å². The van der Waals surface area contributed by atoms with Gasteiger partial charge in [0.1, 0.15) is 11.6 Å². The summed E-state index contributed by atoms with van der Waals surface area (Å²) in [5, 5.41) is 0. The van der Waals surface area contributed by atoms with Crippen molar-refractivity contribution in [3.63, 3.8) is 0 Å². The third-order valence-corrected chi connectivity index (χ3v) is 3.66. The van der Waals surface area contributed by atoms with Crippen molar-refractivity contribution in [1.29, 1.82) is 0 Å². The largest absolute Gasteiger partial charge is 0.327 e. The van der Waals surface area contributed by atoms with Crippen LogP contribution in [0.3, 0.4) is 0 Å². The maximum Gasteiger partial charge on any atom is 0.126 e. The fourth-order valence-electron chi connectivity index (χ4n) is 2.60. The maximum absolute atomic E-state index is 13.4. The van der Waals surface area contributed by atoms with Gasteiger partial charge in [-0.1, -0.05) is 33.1 Å². The molecule has 0 saturated heterocycles. The van der Waals surface area contributed by atoms with Crippen LogP contribution in [0, 0.1) is 5.82 Å². The lowest BCUT2D eigenvalue weighted by atomic mass is 10.1. The highest BCUT2D eigenvalue weighted by molar-refractivity contribution is 5.76. The summed E-state index contributed by atoms with van der Waals surface area (Å²) in [7, 11) is 0. The Bertz CT molecular complexity index is 562. The molecular formula is C16H24FN3. The smallest absolute Gasteiger partial charge is 0.126 e. The molecule has 0 bridgehead atoms. The van der Waals surface area contributed by atoms with Crippen molar-refractivity contribution in [3.8, 4) is 0 Å². The number of aryl methyl sites for hydroxylation is 1. The topological polar surface area (TPSA) is 43.8 Å². The van der Waals surface area contributed by atoms with E-state index in [1.165, 1.54) is 25.0 Å². The molecule has 0 aliphatic heterocycles. The van der Waals surface area contributed by atoms with Crippen molar-refractivity contribution in [2.75, 3.05) is 0 Å². The number of hydrogen-bond acceptors (Lipinski definition) is 2. The molecule has 1 aromatic heterocycles. The van der Waals surface area contributed by atoms with E-state index in [0.29, 0.717) is 5.52 Å². The first-order valence-electron chi connectivity index (χ1n) is 7.58. The lowest BCUT2D eigenvalue weighted by Crippen LogP contribution is -2.16. The highest BCUT2D eigenvalue weighted by Crippen LogP contribution is 2.23. The maximum atomic E-state index is 13.4. The van der Waals surface area contributed by atoms with Crippen LogP contribution in [-0.2, 0) is 6.54 Å². The van der Waals surface area contributed by atoms with Gasteiger partial charge in [-0.2, -0.15) is 0 Å². The third-order valence-electron chi connectivity index (χ3n) is 3.66. The zero-order valence-corrected chi connectivity index (χ0v) is 12.4. The highest BCUT2D eigenvalue weighted by Gasteiger charge is 2.16. The van der Waals surface area contributed by atoms with Gasteiger partial charge < -0.3 is 10.3 Å². The van der Waals surface area contributed by atoms with Gasteiger partial charge in [-0.05, 0) is 25.0 Å². The van der Waals surface area contributed by atoms with E-state index in [1.54, 1.807) is 0 Å². The van der Waals surface area contributed by atoms with Gasteiger partial charge in [0.05, 0.1) is 17.1 Å². The second-order valence-electron chi connectivity index (χ2n) is 5.36. The average Bonchev–Trinajstić information content (AvgIpc) is 2.77. The normalized spacial score (nSPS) is 13.0. The summed E-state index contributed by atoms with van der Waals surface area (Å²) in [6.07, 6.45) is 5.39. The second kappa shape index (κ2) is 6.84. The molecule has 2 N–H and O–H groups in total. The van der Waals surface area contributed by atoms with Crippen molar-refractivity contribution in [2.24, 2.45) is 5.73 Å². The lowest BCUT2D eigenvalue weighted by molar-refractivity contribution is 0.533. The van der Waals surface area contributed by atoms with Crippen LogP contribution in [0.4, 0.5) is 4.39 Å². The number of aromatic nitrogens is 2. The van der Waals surface area contributed by atoms with Crippen molar-refractivity contribution in [2.45, 2.75) is 58.5 Å². The minimum atomic E-state index is -0.244. The molecule has 1 heterocycles. The predicted molar refractivity (Wildman–Crippen MR) is 81.1 cm³/mol. The lowest BCUT2D eigenvalue weighted by Gasteiger charge is -2.14. The number of halogens is 1. The molecule has 0 spiro atoms. The van der Waals surface area contributed by atoms with Crippen LogP contribution in [0.1, 0.15) is 57.8 Å². The number of rotatable bonds is 7. The van der Waals surface area contributed by atoms with Crippen LogP contribution in [0.2, 0.25) is 0 Å². The van der Waals surface area contributed by atoms with Crippen molar-refractivity contribution >= 4 is 11.0 Å². The Morgan fingerprint density at radius 2 is 2.05 bits per heavy atom. The van der Waals surface area contributed by atoms with E-state index in [4.69, 9.17) is 5.73 Å². The number of nitrogens with zero attached hydrogens (tertiary/aromatic N) is 2. The molecule has 0 amide bonds. The number of imidazole rings is 1. The molecule has 4 heteroatoms. The Hall–Kier alpha value is -1.42. The van der Waals surface area contributed by atoms with Gasteiger partial charge in [0, 0.05) is 12.6 Å². The number of nitrogens with two attached hydrogens (primary N) is 1. The fraction of sp³-hybridized carbons (Fsp3) is 0.562. The zero-order valence-electron chi connectivity index (χ0n) is 12.4. The van der Waals surface area contributed by atoms with Crippen LogP contribution >= 0.6 is 0 Å². The highest BCUT2D eigenvalue weighted by atomic mass is 19.1. The zero-order chi connectivity index (χ0) is 14.5. The van der Waals surface area contributed by atoms with Gasteiger partial charge in [0.25, 0.3) is 0 Å². The Morgan fingerprint density at radius 1 is 1.25 bits per heavy atom. The van der Waals surface area contributed by atoms with Crippen molar-refractivity contribution < 1.29 is 4.39 Å². The SMILES string of the molecule is CCCCCn1c(C(N)CCC)nc2cc(F)ccc21. The fourth-order valence-corrected chi connectivity index (χ4v) is 2.60. The standard InChI is InChI=1S/C16H24FN3/c1-3-5-6-10-20-15-9-8-12(17)11-14(15)19-16(20)13(18)7-4-2/h8-9,11,13H,3-7,10,18H2,1-2H3. The van der Waals surface area contributed by atoms with E-state index in [9.17, 15) is 4.39 Å². The summed E-state index contributed by atoms with van der Waals surface area (Å²) in [5.74, 6) is 0.648. The number of hydrogen-bond donors (Lipinski definition) is 1. The number of benzene rings is 1. The molecule has 1 atom stereocenters. The first kappa shape index (κ1) is 15.0. The van der Waals surface area contributed by atoms with Gasteiger partial charge in [-0.15, -0.1) is 0 Å². The molecule has 2 rings (SSSR count). The van der Waals surface area contributed by atoms with E-state index in [2.05, 4.69) is 23.4 Å². The molecule has 0 aliphatic carbocycles. The van der Waals surface area contributed by atoms with Crippen molar-refractivity contribution in [3.05, 3.63) is 29.8 Å². The van der Waals surface area contributed by atoms with E-state index >= 15 is 0 Å². The average molecular weight is 277 g/mol. The molecule has 20 heavy (non-hydrogen) atoms. The molecule has 3 nitrogen and oxygen atoms in total. The molecule has 1 aromatic carbocycles. The molecule has 0 radical (unpaired) electrons. The van der Waals surface area contributed by atoms with E-state index in [1.807, 2.05) is 6.07 Å². The first-order valence-corrected chi connectivity index (χ1v) is 7.58. The van der Waals surface area contributed by atoms with Crippen LogP contribution in [0.5, 0.6) is 0 Å². The summed E-state index contributed by atoms with van der Waals surface area (Å²) in [6, 6.07) is 4.73. The predicted octanol–water partition coefficient (Wildman–Crippen LogP) is 4.17. The Labute approximate surface area is 120 Å². The molecule has 1 unspecified atom stereocenters. The summed E-state index contributed by atoms with van der Waals surface area (Å²) in [6.45, 7) is 5.21. The number of fused-ring (bicyclic) bond motifs is 1. The summed E-state index contributed by atoms with van der Waals surface area (Å²) < 4.78 is 15.5. The minimum absolute atomic E-state index is 0.0721. The molecular weight excluding hydrogens is 253 g/mol. The summed E-state index contributed by atoms with van der Waals surface area (Å²) in [4.78, 5) is 4.57.